The van der Waals surface area contributed by atoms with Crippen LogP contribution in [-0.4, -0.2) is 6.21 Å². The second-order valence-corrected chi connectivity index (χ2v) is 7.77. The fourth-order valence-electron chi connectivity index (χ4n) is 2.28. The molecule has 7 heteroatoms. The van der Waals surface area contributed by atoms with E-state index in [0.29, 0.717) is 27.4 Å². The Morgan fingerprint density at radius 2 is 1.81 bits per heavy atom. The zero-order chi connectivity index (χ0) is 19.2. The second kappa shape index (κ2) is 9.47. The van der Waals surface area contributed by atoms with Gasteiger partial charge in [0.05, 0.1) is 21.9 Å². The van der Waals surface area contributed by atoms with Crippen molar-refractivity contribution in [2.45, 2.75) is 6.61 Å². The Balaban J connectivity index is 1.72. The minimum absolute atomic E-state index is 0.362. The number of nitrogens with zero attached hydrogens (tertiary/aromatic N) is 1. The van der Waals surface area contributed by atoms with Gasteiger partial charge in [-0.2, -0.15) is 5.10 Å². The summed E-state index contributed by atoms with van der Waals surface area (Å²) in [5.41, 5.74) is 5.49. The zero-order valence-corrected chi connectivity index (χ0v) is 17.8. The van der Waals surface area contributed by atoms with E-state index in [1.165, 1.54) is 0 Å². The highest BCUT2D eigenvalue weighted by Gasteiger charge is 2.05. The lowest BCUT2D eigenvalue weighted by molar-refractivity contribution is 0.306. The smallest absolute Gasteiger partial charge is 0.128 e. The minimum Gasteiger partial charge on any atom is -0.488 e. The van der Waals surface area contributed by atoms with Crippen molar-refractivity contribution in [3.05, 3.63) is 91.3 Å². The molecular weight excluding hydrogens is 470 g/mol. The van der Waals surface area contributed by atoms with Crippen LogP contribution in [0.4, 0.5) is 5.69 Å². The maximum Gasteiger partial charge on any atom is 0.128 e. The van der Waals surface area contributed by atoms with E-state index in [0.717, 1.165) is 21.3 Å². The fraction of sp³-hybridized carbons (Fsp3) is 0.0500. The predicted octanol–water partition coefficient (Wildman–Crippen LogP) is 7.43. The van der Waals surface area contributed by atoms with E-state index in [-0.39, 0.29) is 0 Å². The van der Waals surface area contributed by atoms with E-state index in [4.69, 9.17) is 39.5 Å². The largest absolute Gasteiger partial charge is 0.488 e. The Morgan fingerprint density at radius 1 is 0.963 bits per heavy atom. The molecular formula is C20H14BrCl3N2O. The highest BCUT2D eigenvalue weighted by atomic mass is 79.9. The number of rotatable bonds is 6. The lowest BCUT2D eigenvalue weighted by atomic mass is 10.2. The average molecular weight is 485 g/mol. The molecule has 0 radical (unpaired) electrons. The Morgan fingerprint density at radius 3 is 2.59 bits per heavy atom. The SMILES string of the molecule is Clc1cccc(NN=Cc2cc(Br)ccc2OCc2ccc(Cl)c(Cl)c2)c1. The van der Waals surface area contributed by atoms with E-state index in [1.807, 2.05) is 36.4 Å². The second-order valence-electron chi connectivity index (χ2n) is 5.60. The van der Waals surface area contributed by atoms with Gasteiger partial charge in [0, 0.05) is 15.1 Å². The molecule has 0 fully saturated rings. The Labute approximate surface area is 181 Å². The molecule has 0 aliphatic carbocycles. The van der Waals surface area contributed by atoms with Crippen LogP contribution in [0.15, 0.2) is 70.2 Å². The molecule has 0 aliphatic heterocycles. The molecule has 3 nitrogen and oxygen atoms in total. The van der Waals surface area contributed by atoms with Crippen LogP contribution in [0, 0.1) is 0 Å². The molecule has 1 N–H and O–H groups in total. The summed E-state index contributed by atoms with van der Waals surface area (Å²) in [6, 6.07) is 18.5. The highest BCUT2D eigenvalue weighted by molar-refractivity contribution is 9.10. The summed E-state index contributed by atoms with van der Waals surface area (Å²) in [6.45, 7) is 0.362. The van der Waals surface area contributed by atoms with Gasteiger partial charge in [0.15, 0.2) is 0 Å². The van der Waals surface area contributed by atoms with Crippen molar-refractivity contribution in [2.75, 3.05) is 5.43 Å². The molecule has 138 valence electrons. The van der Waals surface area contributed by atoms with Gasteiger partial charge < -0.3 is 4.74 Å². The van der Waals surface area contributed by atoms with Crippen molar-refractivity contribution in [3.63, 3.8) is 0 Å². The first-order valence-corrected chi connectivity index (χ1v) is 9.85. The van der Waals surface area contributed by atoms with E-state index in [1.54, 1.807) is 30.5 Å². The van der Waals surface area contributed by atoms with Crippen LogP contribution in [0.5, 0.6) is 5.75 Å². The highest BCUT2D eigenvalue weighted by Crippen LogP contribution is 2.26. The first kappa shape index (κ1) is 20.0. The topological polar surface area (TPSA) is 33.6 Å². The number of hydrogen-bond donors (Lipinski definition) is 1. The molecule has 0 saturated heterocycles. The van der Waals surface area contributed by atoms with E-state index < -0.39 is 0 Å². The lowest BCUT2D eigenvalue weighted by Crippen LogP contribution is -1.99. The van der Waals surface area contributed by atoms with Crippen molar-refractivity contribution in [3.8, 4) is 5.75 Å². The van der Waals surface area contributed by atoms with Gasteiger partial charge in [-0.05, 0) is 54.1 Å². The predicted molar refractivity (Wildman–Crippen MR) is 118 cm³/mol. The fourth-order valence-corrected chi connectivity index (χ4v) is 3.17. The summed E-state index contributed by atoms with van der Waals surface area (Å²) in [6.07, 6.45) is 1.69. The molecule has 0 atom stereocenters. The molecule has 27 heavy (non-hydrogen) atoms. The van der Waals surface area contributed by atoms with Crippen LogP contribution in [0.3, 0.4) is 0 Å². The maximum atomic E-state index is 6.05. The maximum absolute atomic E-state index is 6.05. The summed E-state index contributed by atoms with van der Waals surface area (Å²) in [5, 5.41) is 5.92. The molecule has 0 unspecified atom stereocenters. The molecule has 3 rings (SSSR count). The van der Waals surface area contributed by atoms with Crippen LogP contribution in [0.25, 0.3) is 0 Å². The molecule has 0 saturated carbocycles. The number of anilines is 1. The first-order valence-electron chi connectivity index (χ1n) is 7.92. The van der Waals surface area contributed by atoms with Gasteiger partial charge in [-0.25, -0.2) is 0 Å². The van der Waals surface area contributed by atoms with Crippen molar-refractivity contribution in [1.29, 1.82) is 0 Å². The third-order valence-electron chi connectivity index (χ3n) is 3.57. The van der Waals surface area contributed by atoms with E-state index in [9.17, 15) is 0 Å². The Kier molecular flexibility index (Phi) is 7.02. The normalized spacial score (nSPS) is 11.0. The third-order valence-corrected chi connectivity index (χ3v) is 5.04. The Hall–Kier alpha value is -1.72. The van der Waals surface area contributed by atoms with Gasteiger partial charge in [-0.1, -0.05) is 62.9 Å². The molecule has 0 aliphatic rings. The Bertz CT molecular complexity index is 979. The van der Waals surface area contributed by atoms with E-state index >= 15 is 0 Å². The monoisotopic (exact) mass is 482 g/mol. The standard InChI is InChI=1S/C20H14BrCl3N2O/c21-15-5-7-20(27-12-13-4-6-18(23)19(24)8-13)14(9-15)11-25-26-17-3-1-2-16(22)10-17/h1-11,26H,12H2. The van der Waals surface area contributed by atoms with Gasteiger partial charge in [0.1, 0.15) is 12.4 Å². The number of ether oxygens (including phenoxy) is 1. The van der Waals surface area contributed by atoms with Gasteiger partial charge in [0.25, 0.3) is 0 Å². The van der Waals surface area contributed by atoms with Crippen molar-refractivity contribution in [1.82, 2.24) is 0 Å². The zero-order valence-electron chi connectivity index (χ0n) is 13.9. The average Bonchev–Trinajstić information content (AvgIpc) is 2.64. The lowest BCUT2D eigenvalue weighted by Gasteiger charge is -2.10. The third kappa shape index (κ3) is 5.88. The molecule has 0 heterocycles. The molecule has 0 amide bonds. The number of benzene rings is 3. The van der Waals surface area contributed by atoms with E-state index in [2.05, 4.69) is 26.5 Å². The first-order chi connectivity index (χ1) is 13.0. The summed E-state index contributed by atoms with van der Waals surface area (Å²) >= 11 is 21.4. The van der Waals surface area contributed by atoms with Gasteiger partial charge in [-0.3, -0.25) is 5.43 Å². The quantitative estimate of drug-likeness (QED) is 0.291. The van der Waals surface area contributed by atoms with Crippen LogP contribution >= 0.6 is 50.7 Å². The minimum atomic E-state index is 0.362. The van der Waals surface area contributed by atoms with Gasteiger partial charge >= 0.3 is 0 Å². The van der Waals surface area contributed by atoms with Crippen LogP contribution < -0.4 is 10.2 Å². The number of hydrazone groups is 1. The number of halogens is 4. The molecule has 0 spiro atoms. The molecule has 0 aromatic heterocycles. The van der Waals surface area contributed by atoms with Crippen molar-refractivity contribution < 1.29 is 4.74 Å². The van der Waals surface area contributed by atoms with Crippen LogP contribution in [0.2, 0.25) is 15.1 Å². The number of hydrogen-bond acceptors (Lipinski definition) is 3. The number of nitrogens with one attached hydrogen (secondary N) is 1. The summed E-state index contributed by atoms with van der Waals surface area (Å²) in [7, 11) is 0. The summed E-state index contributed by atoms with van der Waals surface area (Å²) in [4.78, 5) is 0. The summed E-state index contributed by atoms with van der Waals surface area (Å²) < 4.78 is 6.86. The van der Waals surface area contributed by atoms with Gasteiger partial charge in [0.2, 0.25) is 0 Å². The summed E-state index contributed by atoms with van der Waals surface area (Å²) in [5.74, 6) is 0.695. The molecule has 3 aromatic carbocycles. The molecule has 3 aromatic rings. The van der Waals surface area contributed by atoms with Gasteiger partial charge in [-0.15, -0.1) is 0 Å². The van der Waals surface area contributed by atoms with Crippen molar-refractivity contribution >= 4 is 62.6 Å². The molecule has 0 bridgehead atoms. The van der Waals surface area contributed by atoms with Crippen LogP contribution in [-0.2, 0) is 6.61 Å². The van der Waals surface area contributed by atoms with Crippen LogP contribution in [0.1, 0.15) is 11.1 Å². The van der Waals surface area contributed by atoms with Crippen molar-refractivity contribution in [2.24, 2.45) is 5.10 Å².